The Kier molecular flexibility index (Phi) is 6.08. The van der Waals surface area contributed by atoms with Gasteiger partial charge < -0.3 is 18.9 Å². The first kappa shape index (κ1) is 22.8. The van der Waals surface area contributed by atoms with Crippen LogP contribution in [0.15, 0.2) is 78.9 Å². The molecule has 0 bridgehead atoms. The topological polar surface area (TPSA) is 54.0 Å². The van der Waals surface area contributed by atoms with E-state index < -0.39 is 11.4 Å². The molecule has 0 N–H and O–H groups in total. The van der Waals surface area contributed by atoms with E-state index in [9.17, 15) is 4.79 Å². The minimum Gasteiger partial charge on any atom is -0.495 e. The lowest BCUT2D eigenvalue weighted by Crippen LogP contribution is -2.41. The summed E-state index contributed by atoms with van der Waals surface area (Å²) in [5, 5.41) is 1.74. The highest BCUT2D eigenvalue weighted by atomic mass is 16.5. The largest absolute Gasteiger partial charge is 0.495 e. The highest BCUT2D eigenvalue weighted by Crippen LogP contribution is 2.49. The smallest absolute Gasteiger partial charge is 0.342 e. The number of carbonyl (C=O) groups excluding carboxylic acids is 1. The molecule has 1 atom stereocenters. The fraction of sp³-hybridized carbons (Fsp3) is 0.233. The van der Waals surface area contributed by atoms with Crippen molar-refractivity contribution < 1.29 is 23.7 Å². The van der Waals surface area contributed by atoms with Crippen LogP contribution in [0.4, 0.5) is 0 Å². The molecule has 5 nitrogen and oxygen atoms in total. The minimum atomic E-state index is -0.519. The van der Waals surface area contributed by atoms with E-state index in [0.29, 0.717) is 36.7 Å². The van der Waals surface area contributed by atoms with E-state index in [1.54, 1.807) is 7.11 Å². The van der Waals surface area contributed by atoms with Gasteiger partial charge >= 0.3 is 5.97 Å². The highest BCUT2D eigenvalue weighted by Gasteiger charge is 2.43. The third-order valence-electron chi connectivity index (χ3n) is 6.80. The van der Waals surface area contributed by atoms with Crippen molar-refractivity contribution in [1.29, 1.82) is 0 Å². The van der Waals surface area contributed by atoms with Crippen LogP contribution in [0.1, 0.15) is 34.0 Å². The summed E-state index contributed by atoms with van der Waals surface area (Å²) in [5.74, 6) is 1.59. The maximum Gasteiger partial charge on any atom is 0.342 e. The Morgan fingerprint density at radius 2 is 1.54 bits per heavy atom. The molecule has 1 unspecified atom stereocenters. The van der Waals surface area contributed by atoms with Crippen molar-refractivity contribution in [3.8, 4) is 17.2 Å². The Morgan fingerprint density at radius 3 is 2.20 bits per heavy atom. The lowest BCUT2D eigenvalue weighted by molar-refractivity contribution is 0.0593. The number of rotatable bonds is 6. The fourth-order valence-corrected chi connectivity index (χ4v) is 5.17. The molecule has 5 rings (SSSR count). The summed E-state index contributed by atoms with van der Waals surface area (Å²) in [5.41, 5.74) is 2.87. The Hall–Kier alpha value is -3.99. The number of hydrogen-bond acceptors (Lipinski definition) is 5. The monoisotopic (exact) mass is 468 g/mol. The maximum absolute atomic E-state index is 13.1. The molecule has 0 fully saturated rings. The third kappa shape index (κ3) is 3.77. The van der Waals surface area contributed by atoms with Crippen LogP contribution in [0.5, 0.6) is 17.2 Å². The quantitative estimate of drug-likeness (QED) is 0.327. The van der Waals surface area contributed by atoms with Gasteiger partial charge in [-0.2, -0.15) is 0 Å². The van der Waals surface area contributed by atoms with Crippen molar-refractivity contribution in [3.05, 3.63) is 101 Å². The second kappa shape index (κ2) is 9.34. The van der Waals surface area contributed by atoms with E-state index in [4.69, 9.17) is 18.9 Å². The molecule has 0 aromatic heterocycles. The van der Waals surface area contributed by atoms with Crippen molar-refractivity contribution in [2.24, 2.45) is 0 Å². The second-order valence-corrected chi connectivity index (χ2v) is 8.62. The zero-order valence-corrected chi connectivity index (χ0v) is 20.2. The summed E-state index contributed by atoms with van der Waals surface area (Å²) in [6.07, 6.45) is 0.548. The summed E-state index contributed by atoms with van der Waals surface area (Å²) >= 11 is 0. The molecule has 4 aromatic carbocycles. The summed E-state index contributed by atoms with van der Waals surface area (Å²) in [7, 11) is 2.98. The third-order valence-corrected chi connectivity index (χ3v) is 6.80. The van der Waals surface area contributed by atoms with Crippen molar-refractivity contribution >= 4 is 16.7 Å². The van der Waals surface area contributed by atoms with Crippen molar-refractivity contribution in [1.82, 2.24) is 0 Å². The number of fused-ring (bicyclic) bond motifs is 3. The molecule has 0 saturated carbocycles. The Balaban J connectivity index is 1.77. The van der Waals surface area contributed by atoms with Gasteiger partial charge in [-0.25, -0.2) is 4.79 Å². The number of benzene rings is 4. The van der Waals surface area contributed by atoms with Crippen LogP contribution in [0.3, 0.4) is 0 Å². The van der Waals surface area contributed by atoms with E-state index >= 15 is 0 Å². The summed E-state index contributed by atoms with van der Waals surface area (Å²) in [6.45, 7) is 3.00. The Labute approximate surface area is 205 Å². The van der Waals surface area contributed by atoms with E-state index in [2.05, 4.69) is 24.3 Å². The molecule has 0 aliphatic carbocycles. The Morgan fingerprint density at radius 1 is 0.886 bits per heavy atom. The van der Waals surface area contributed by atoms with Gasteiger partial charge in [-0.05, 0) is 36.6 Å². The van der Waals surface area contributed by atoms with Gasteiger partial charge in [-0.15, -0.1) is 0 Å². The zero-order chi connectivity index (χ0) is 24.4. The van der Waals surface area contributed by atoms with Gasteiger partial charge in [0.2, 0.25) is 0 Å². The molecule has 1 aliphatic heterocycles. The van der Waals surface area contributed by atoms with Gasteiger partial charge in [-0.1, -0.05) is 66.7 Å². The van der Waals surface area contributed by atoms with Crippen LogP contribution < -0.4 is 14.2 Å². The van der Waals surface area contributed by atoms with Gasteiger partial charge in [0.05, 0.1) is 26.2 Å². The number of hydrogen-bond donors (Lipinski definition) is 0. The van der Waals surface area contributed by atoms with Crippen LogP contribution >= 0.6 is 0 Å². The molecule has 1 heterocycles. The zero-order valence-electron chi connectivity index (χ0n) is 20.2. The van der Waals surface area contributed by atoms with Gasteiger partial charge in [-0.3, -0.25) is 0 Å². The van der Waals surface area contributed by atoms with Gasteiger partial charge in [0.15, 0.2) is 0 Å². The van der Waals surface area contributed by atoms with Crippen LogP contribution in [-0.4, -0.2) is 33.4 Å². The average molecular weight is 469 g/mol. The predicted molar refractivity (Wildman–Crippen MR) is 136 cm³/mol. The first-order chi connectivity index (χ1) is 17.1. The van der Waals surface area contributed by atoms with Crippen LogP contribution in [0.2, 0.25) is 0 Å². The van der Waals surface area contributed by atoms with E-state index in [0.717, 1.165) is 33.2 Å². The van der Waals surface area contributed by atoms with Gasteiger partial charge in [0.25, 0.3) is 0 Å². The van der Waals surface area contributed by atoms with Crippen molar-refractivity contribution in [2.45, 2.75) is 18.8 Å². The number of methoxy groups -OCH3 is 2. The molecular formula is C30H28O5. The standard InChI is InChI=1S/C30H28O5/c1-4-34-22-16-14-21(15-17-22)30(20-10-6-5-7-11-20)18-25-26(29(31)33-3)28(32-2)24-13-9-8-12-23(24)27(25)35-19-30/h5-17H,4,18-19H2,1-3H3. The van der Waals surface area contributed by atoms with Gasteiger partial charge in [0.1, 0.15) is 29.4 Å². The predicted octanol–water partition coefficient (Wildman–Crippen LogP) is 5.95. The summed E-state index contributed by atoms with van der Waals surface area (Å²) < 4.78 is 23.3. The van der Waals surface area contributed by atoms with Crippen molar-refractivity contribution in [3.63, 3.8) is 0 Å². The average Bonchev–Trinajstić information content (AvgIpc) is 2.92. The lowest BCUT2D eigenvalue weighted by atomic mass is 9.69. The summed E-state index contributed by atoms with van der Waals surface area (Å²) in [6, 6.07) is 26.3. The summed E-state index contributed by atoms with van der Waals surface area (Å²) in [4.78, 5) is 13.1. The molecule has 0 amide bonds. The molecule has 0 spiro atoms. The SMILES string of the molecule is CCOc1ccc(C2(c3ccccc3)COc3c(c(C(=O)OC)c(OC)c4ccccc34)C2)cc1. The molecule has 5 heteroatoms. The second-order valence-electron chi connectivity index (χ2n) is 8.62. The molecule has 35 heavy (non-hydrogen) atoms. The molecule has 0 saturated heterocycles. The molecule has 178 valence electrons. The molecule has 0 radical (unpaired) electrons. The van der Waals surface area contributed by atoms with Gasteiger partial charge in [0, 0.05) is 16.3 Å². The maximum atomic E-state index is 13.1. The Bertz CT molecular complexity index is 1360. The van der Waals surface area contributed by atoms with Crippen molar-refractivity contribution in [2.75, 3.05) is 27.4 Å². The number of ether oxygens (including phenoxy) is 4. The van der Waals surface area contributed by atoms with E-state index in [-0.39, 0.29) is 0 Å². The molecule has 4 aromatic rings. The van der Waals surface area contributed by atoms with Crippen LogP contribution in [0.25, 0.3) is 10.8 Å². The van der Waals surface area contributed by atoms with E-state index in [1.165, 1.54) is 7.11 Å². The normalized spacial score (nSPS) is 16.8. The minimum absolute atomic E-state index is 0.412. The first-order valence-corrected chi connectivity index (χ1v) is 11.7. The lowest BCUT2D eigenvalue weighted by Gasteiger charge is -2.40. The molecule has 1 aliphatic rings. The van der Waals surface area contributed by atoms with Crippen LogP contribution in [-0.2, 0) is 16.6 Å². The number of carbonyl (C=O) groups is 1. The van der Waals surface area contributed by atoms with E-state index in [1.807, 2.05) is 61.5 Å². The molecular weight excluding hydrogens is 440 g/mol. The fourth-order valence-electron chi connectivity index (χ4n) is 5.17. The number of esters is 1. The van der Waals surface area contributed by atoms with Crippen LogP contribution in [0, 0.1) is 0 Å². The highest BCUT2D eigenvalue weighted by molar-refractivity contribution is 6.06. The first-order valence-electron chi connectivity index (χ1n) is 11.7.